The van der Waals surface area contributed by atoms with E-state index in [0.717, 1.165) is 18.8 Å². The minimum Gasteiger partial charge on any atom is -0.339 e. The van der Waals surface area contributed by atoms with Crippen LogP contribution in [0, 0.1) is 5.92 Å². The topological polar surface area (TPSA) is 33.2 Å². The van der Waals surface area contributed by atoms with Gasteiger partial charge in [-0.3, -0.25) is 4.79 Å². The Balaban J connectivity index is 2.12. The molecule has 0 N–H and O–H groups in total. The van der Waals surface area contributed by atoms with Gasteiger partial charge in [-0.2, -0.15) is 0 Å². The van der Waals surface area contributed by atoms with Crippen molar-refractivity contribution in [3.8, 4) is 0 Å². The Morgan fingerprint density at radius 3 is 2.58 bits per heavy atom. The number of aromatic nitrogens is 1. The molecule has 0 aliphatic heterocycles. The first kappa shape index (κ1) is 14.6. The molecule has 0 spiro atoms. The molecule has 0 atom stereocenters. The third-order valence-electron chi connectivity index (χ3n) is 3.91. The molecule has 0 aromatic carbocycles. The molecule has 1 aliphatic carbocycles. The number of pyridine rings is 1. The summed E-state index contributed by atoms with van der Waals surface area (Å²) < 4.78 is 0. The summed E-state index contributed by atoms with van der Waals surface area (Å²) in [5.41, 5.74) is 0.433. The second-order valence-corrected chi connectivity index (χ2v) is 6.11. The predicted molar refractivity (Wildman–Crippen MR) is 77.8 cm³/mol. The summed E-state index contributed by atoms with van der Waals surface area (Å²) in [6, 6.07) is 1.83. The van der Waals surface area contributed by atoms with E-state index in [1.807, 2.05) is 7.05 Å². The fraction of sp³-hybridized carbons (Fsp3) is 0.571. The maximum atomic E-state index is 12.5. The molecule has 1 heterocycles. The number of rotatable bonds is 2. The van der Waals surface area contributed by atoms with Gasteiger partial charge >= 0.3 is 0 Å². The van der Waals surface area contributed by atoms with E-state index in [0.29, 0.717) is 21.8 Å². The Bertz CT molecular complexity index is 471. The molecule has 1 aromatic heterocycles. The first-order valence-electron chi connectivity index (χ1n) is 6.57. The molecule has 104 valence electrons. The van der Waals surface area contributed by atoms with Crippen molar-refractivity contribution >= 4 is 29.1 Å². The minimum absolute atomic E-state index is 0.0751. The molecule has 1 aliphatic rings. The van der Waals surface area contributed by atoms with Crippen LogP contribution >= 0.6 is 23.2 Å². The molecule has 0 radical (unpaired) electrons. The molecule has 1 fully saturated rings. The summed E-state index contributed by atoms with van der Waals surface area (Å²) in [6.45, 7) is 2.26. The Morgan fingerprint density at radius 1 is 1.32 bits per heavy atom. The molecule has 0 saturated heterocycles. The van der Waals surface area contributed by atoms with Gasteiger partial charge in [0.25, 0.3) is 5.91 Å². The summed E-state index contributed by atoms with van der Waals surface area (Å²) in [4.78, 5) is 18.1. The highest BCUT2D eigenvalue weighted by Crippen LogP contribution is 2.28. The molecular weight excluding hydrogens is 283 g/mol. The number of amides is 1. The zero-order valence-electron chi connectivity index (χ0n) is 11.2. The van der Waals surface area contributed by atoms with E-state index in [-0.39, 0.29) is 5.91 Å². The van der Waals surface area contributed by atoms with Crippen molar-refractivity contribution in [3.05, 3.63) is 28.0 Å². The third kappa shape index (κ3) is 3.40. The second-order valence-electron chi connectivity index (χ2n) is 5.32. The first-order chi connectivity index (χ1) is 8.99. The highest BCUT2D eigenvalue weighted by molar-refractivity contribution is 6.35. The fourth-order valence-electron chi connectivity index (χ4n) is 2.56. The van der Waals surface area contributed by atoms with Crippen molar-refractivity contribution in [1.29, 1.82) is 0 Å². The molecule has 0 unspecified atom stereocenters. The van der Waals surface area contributed by atoms with Crippen molar-refractivity contribution in [3.63, 3.8) is 0 Å². The van der Waals surface area contributed by atoms with Crippen LogP contribution in [-0.2, 0) is 0 Å². The van der Waals surface area contributed by atoms with Crippen LogP contribution in [0.3, 0.4) is 0 Å². The van der Waals surface area contributed by atoms with Gasteiger partial charge in [0.1, 0.15) is 5.15 Å². The lowest BCUT2D eigenvalue weighted by Crippen LogP contribution is -2.39. The van der Waals surface area contributed by atoms with E-state index in [1.165, 1.54) is 25.1 Å². The lowest BCUT2D eigenvalue weighted by Gasteiger charge is -2.33. The van der Waals surface area contributed by atoms with Gasteiger partial charge in [-0.25, -0.2) is 4.98 Å². The molecule has 1 aromatic rings. The van der Waals surface area contributed by atoms with Gasteiger partial charge in [0, 0.05) is 19.3 Å². The van der Waals surface area contributed by atoms with Gasteiger partial charge in [0.2, 0.25) is 0 Å². The Labute approximate surface area is 123 Å². The third-order valence-corrected chi connectivity index (χ3v) is 4.41. The molecule has 2 rings (SSSR count). The van der Waals surface area contributed by atoms with E-state index in [9.17, 15) is 4.79 Å². The van der Waals surface area contributed by atoms with Gasteiger partial charge in [-0.1, -0.05) is 30.1 Å². The van der Waals surface area contributed by atoms with E-state index in [1.54, 1.807) is 4.90 Å². The molecule has 1 saturated carbocycles. The minimum atomic E-state index is -0.0751. The molecular formula is C14H18Cl2N2O. The Kier molecular flexibility index (Phi) is 4.69. The summed E-state index contributed by atoms with van der Waals surface area (Å²) >= 11 is 11.9. The normalized spacial score (nSPS) is 23.2. The average Bonchev–Trinajstić information content (AvgIpc) is 2.41. The van der Waals surface area contributed by atoms with E-state index in [4.69, 9.17) is 23.2 Å². The van der Waals surface area contributed by atoms with E-state index < -0.39 is 0 Å². The number of hydrogen-bond acceptors (Lipinski definition) is 2. The van der Waals surface area contributed by atoms with Crippen LogP contribution in [0.1, 0.15) is 43.0 Å². The molecule has 0 bridgehead atoms. The van der Waals surface area contributed by atoms with E-state index in [2.05, 4.69) is 11.9 Å². The number of carbonyl (C=O) groups is 1. The van der Waals surface area contributed by atoms with Crippen molar-refractivity contribution in [2.45, 2.75) is 38.6 Å². The standard InChI is InChI=1S/C14H18Cl2N2O/c1-9-3-5-10(6-4-9)18(2)14(19)11-7-13(16)17-8-12(11)15/h7-10H,3-6H2,1-2H3. The first-order valence-corrected chi connectivity index (χ1v) is 7.33. The molecule has 3 nitrogen and oxygen atoms in total. The Hall–Kier alpha value is -0.800. The van der Waals surface area contributed by atoms with Crippen LogP contribution in [-0.4, -0.2) is 28.9 Å². The zero-order valence-corrected chi connectivity index (χ0v) is 12.7. The van der Waals surface area contributed by atoms with Crippen LogP contribution in [0.15, 0.2) is 12.3 Å². The molecule has 1 amide bonds. The van der Waals surface area contributed by atoms with Crippen LogP contribution < -0.4 is 0 Å². The summed E-state index contributed by atoms with van der Waals surface area (Å²) in [7, 11) is 1.84. The highest BCUT2D eigenvalue weighted by Gasteiger charge is 2.26. The smallest absolute Gasteiger partial charge is 0.255 e. The maximum Gasteiger partial charge on any atom is 0.255 e. The van der Waals surface area contributed by atoms with E-state index >= 15 is 0 Å². The lowest BCUT2D eigenvalue weighted by molar-refractivity contribution is 0.0679. The fourth-order valence-corrected chi connectivity index (χ4v) is 2.90. The highest BCUT2D eigenvalue weighted by atomic mass is 35.5. The number of carbonyl (C=O) groups excluding carboxylic acids is 1. The lowest BCUT2D eigenvalue weighted by atomic mass is 9.86. The number of hydrogen-bond donors (Lipinski definition) is 0. The van der Waals surface area contributed by atoms with Crippen LogP contribution in [0.2, 0.25) is 10.2 Å². The van der Waals surface area contributed by atoms with Gasteiger partial charge < -0.3 is 4.90 Å². The molecule has 19 heavy (non-hydrogen) atoms. The van der Waals surface area contributed by atoms with Gasteiger partial charge in [-0.05, 0) is 37.7 Å². The van der Waals surface area contributed by atoms with Crippen LogP contribution in [0.4, 0.5) is 0 Å². The average molecular weight is 301 g/mol. The van der Waals surface area contributed by atoms with Gasteiger partial charge in [0.15, 0.2) is 0 Å². The largest absolute Gasteiger partial charge is 0.339 e. The SMILES string of the molecule is CC1CCC(N(C)C(=O)c2cc(Cl)ncc2Cl)CC1. The molecule has 5 heteroatoms. The van der Waals surface area contributed by atoms with Crippen molar-refractivity contribution in [2.75, 3.05) is 7.05 Å². The van der Waals surface area contributed by atoms with Gasteiger partial charge in [-0.15, -0.1) is 0 Å². The van der Waals surface area contributed by atoms with Crippen LogP contribution in [0.5, 0.6) is 0 Å². The van der Waals surface area contributed by atoms with Crippen LogP contribution in [0.25, 0.3) is 0 Å². The van der Waals surface area contributed by atoms with Gasteiger partial charge in [0.05, 0.1) is 10.6 Å². The number of nitrogens with zero attached hydrogens (tertiary/aromatic N) is 2. The predicted octanol–water partition coefficient (Wildman–Crippen LogP) is 4.04. The Morgan fingerprint density at radius 2 is 1.95 bits per heavy atom. The summed E-state index contributed by atoms with van der Waals surface area (Å²) in [5, 5.41) is 0.642. The maximum absolute atomic E-state index is 12.5. The quantitative estimate of drug-likeness (QED) is 0.772. The van der Waals surface area contributed by atoms with Crippen molar-refractivity contribution < 1.29 is 4.79 Å². The van der Waals surface area contributed by atoms with Crippen molar-refractivity contribution in [2.24, 2.45) is 5.92 Å². The van der Waals surface area contributed by atoms with Crippen molar-refractivity contribution in [1.82, 2.24) is 9.88 Å². The summed E-state index contributed by atoms with van der Waals surface area (Å²) in [5.74, 6) is 0.688. The summed E-state index contributed by atoms with van der Waals surface area (Å²) in [6.07, 6.45) is 5.88. The zero-order chi connectivity index (χ0) is 14.0. The number of halogens is 2. The second kappa shape index (κ2) is 6.10. The monoisotopic (exact) mass is 300 g/mol.